The fourth-order valence-electron chi connectivity index (χ4n) is 1.34. The number of ether oxygens (including phenoxy) is 2. The minimum absolute atomic E-state index is 0.0147. The van der Waals surface area contributed by atoms with Gasteiger partial charge in [0.1, 0.15) is 16.0 Å². The second-order valence-corrected chi connectivity index (χ2v) is 4.05. The first kappa shape index (κ1) is 12.3. The van der Waals surface area contributed by atoms with Crippen molar-refractivity contribution in [1.29, 1.82) is 0 Å². The summed E-state index contributed by atoms with van der Waals surface area (Å²) < 4.78 is 11.3. The molecule has 0 aliphatic rings. The first-order valence-electron chi connectivity index (χ1n) is 4.81. The predicted octanol–water partition coefficient (Wildman–Crippen LogP) is 2.88. The van der Waals surface area contributed by atoms with Crippen molar-refractivity contribution in [2.24, 2.45) is 5.73 Å². The molecule has 1 atom stereocenters. The van der Waals surface area contributed by atoms with Crippen molar-refractivity contribution in [2.75, 3.05) is 14.2 Å². The van der Waals surface area contributed by atoms with Crippen LogP contribution in [-0.4, -0.2) is 14.2 Å². The van der Waals surface area contributed by atoms with Gasteiger partial charge in [0.25, 0.3) is 0 Å². The van der Waals surface area contributed by atoms with Gasteiger partial charge in [0.2, 0.25) is 0 Å². The lowest BCUT2D eigenvalue weighted by Crippen LogP contribution is -2.09. The third-order valence-corrected chi connectivity index (χ3v) is 3.12. The van der Waals surface area contributed by atoms with Crippen LogP contribution in [0, 0.1) is 0 Å². The van der Waals surface area contributed by atoms with Crippen LogP contribution in [0.4, 0.5) is 0 Å². The zero-order valence-corrected chi connectivity index (χ0v) is 10.8. The Bertz CT molecular complexity index is 316. The highest BCUT2D eigenvalue weighted by molar-refractivity contribution is 9.10. The molecule has 0 radical (unpaired) electrons. The molecule has 1 aromatic rings. The zero-order chi connectivity index (χ0) is 11.4. The third-order valence-electron chi connectivity index (χ3n) is 2.34. The molecule has 0 aliphatic heterocycles. The Kier molecular flexibility index (Phi) is 4.42. The lowest BCUT2D eigenvalue weighted by molar-refractivity contribution is 0.387. The molecule has 15 heavy (non-hydrogen) atoms. The van der Waals surface area contributed by atoms with Gasteiger partial charge in [-0.3, -0.25) is 0 Å². The minimum Gasteiger partial charge on any atom is -0.495 e. The van der Waals surface area contributed by atoms with Gasteiger partial charge in [-0.1, -0.05) is 6.92 Å². The molecular formula is C11H16BrNO2. The van der Waals surface area contributed by atoms with Crippen molar-refractivity contribution in [2.45, 2.75) is 19.4 Å². The van der Waals surface area contributed by atoms with Crippen LogP contribution in [0.15, 0.2) is 16.6 Å². The number of hydrogen-bond donors (Lipinski definition) is 1. The summed E-state index contributed by atoms with van der Waals surface area (Å²) >= 11 is 3.42. The summed E-state index contributed by atoms with van der Waals surface area (Å²) in [7, 11) is 3.25. The highest BCUT2D eigenvalue weighted by Gasteiger charge is 2.12. The molecule has 0 heterocycles. The monoisotopic (exact) mass is 273 g/mol. The summed E-state index contributed by atoms with van der Waals surface area (Å²) in [6.07, 6.45) is 0.883. The Labute approximate surface area is 98.7 Å². The average molecular weight is 274 g/mol. The standard InChI is InChI=1S/C11H16BrNO2/c1-4-8(13)7-5-9(14-2)11(12)10(6-7)15-3/h5-6,8H,4,13H2,1-3H3. The zero-order valence-electron chi connectivity index (χ0n) is 9.21. The van der Waals surface area contributed by atoms with Crippen LogP contribution in [0.3, 0.4) is 0 Å². The molecule has 0 bridgehead atoms. The van der Waals surface area contributed by atoms with E-state index in [1.165, 1.54) is 0 Å². The second kappa shape index (κ2) is 5.37. The molecule has 4 heteroatoms. The molecule has 0 aromatic heterocycles. The second-order valence-electron chi connectivity index (χ2n) is 3.25. The molecule has 0 saturated heterocycles. The summed E-state index contributed by atoms with van der Waals surface area (Å²) in [6.45, 7) is 2.05. The third kappa shape index (κ3) is 2.63. The Morgan fingerprint density at radius 1 is 1.27 bits per heavy atom. The van der Waals surface area contributed by atoms with Gasteiger partial charge in [-0.15, -0.1) is 0 Å². The largest absolute Gasteiger partial charge is 0.495 e. The van der Waals surface area contributed by atoms with Crippen LogP contribution in [0.2, 0.25) is 0 Å². The molecule has 1 unspecified atom stereocenters. The van der Waals surface area contributed by atoms with Crippen molar-refractivity contribution in [3.8, 4) is 11.5 Å². The molecule has 1 aromatic carbocycles. The van der Waals surface area contributed by atoms with Crippen LogP contribution in [0.5, 0.6) is 11.5 Å². The van der Waals surface area contributed by atoms with Gasteiger partial charge in [-0.05, 0) is 40.0 Å². The number of methoxy groups -OCH3 is 2. The van der Waals surface area contributed by atoms with Crippen LogP contribution < -0.4 is 15.2 Å². The van der Waals surface area contributed by atoms with Gasteiger partial charge in [-0.2, -0.15) is 0 Å². The number of rotatable bonds is 4. The topological polar surface area (TPSA) is 44.5 Å². The molecular weight excluding hydrogens is 258 g/mol. The summed E-state index contributed by atoms with van der Waals surface area (Å²) in [6, 6.07) is 3.88. The van der Waals surface area contributed by atoms with E-state index in [2.05, 4.69) is 15.9 Å². The van der Waals surface area contributed by atoms with Gasteiger partial charge in [0.15, 0.2) is 0 Å². The molecule has 0 aliphatic carbocycles. The molecule has 0 fully saturated rings. The minimum atomic E-state index is 0.0147. The van der Waals surface area contributed by atoms with E-state index >= 15 is 0 Å². The van der Waals surface area contributed by atoms with Crippen LogP contribution in [0.25, 0.3) is 0 Å². The fourth-order valence-corrected chi connectivity index (χ4v) is 1.89. The highest BCUT2D eigenvalue weighted by atomic mass is 79.9. The Balaban J connectivity index is 3.20. The Morgan fingerprint density at radius 2 is 1.73 bits per heavy atom. The fraction of sp³-hybridized carbons (Fsp3) is 0.455. The molecule has 2 N–H and O–H groups in total. The van der Waals surface area contributed by atoms with Crippen LogP contribution in [-0.2, 0) is 0 Å². The highest BCUT2D eigenvalue weighted by Crippen LogP contribution is 2.37. The predicted molar refractivity (Wildman–Crippen MR) is 64.5 cm³/mol. The van der Waals surface area contributed by atoms with Crippen LogP contribution >= 0.6 is 15.9 Å². The van der Waals surface area contributed by atoms with Gasteiger partial charge >= 0.3 is 0 Å². The van der Waals surface area contributed by atoms with Gasteiger partial charge < -0.3 is 15.2 Å². The van der Waals surface area contributed by atoms with E-state index in [1.54, 1.807) is 14.2 Å². The smallest absolute Gasteiger partial charge is 0.137 e. The van der Waals surface area contributed by atoms with E-state index in [0.29, 0.717) is 0 Å². The SMILES string of the molecule is CCC(N)c1cc(OC)c(Br)c(OC)c1. The molecule has 0 amide bonds. The van der Waals surface area contributed by atoms with Gasteiger partial charge in [-0.25, -0.2) is 0 Å². The molecule has 0 saturated carbocycles. The number of nitrogens with two attached hydrogens (primary N) is 1. The number of hydrogen-bond acceptors (Lipinski definition) is 3. The summed E-state index contributed by atoms with van der Waals surface area (Å²) in [5.74, 6) is 1.49. The van der Waals surface area contributed by atoms with Crippen molar-refractivity contribution < 1.29 is 9.47 Å². The van der Waals surface area contributed by atoms with Gasteiger partial charge in [0.05, 0.1) is 14.2 Å². The quantitative estimate of drug-likeness (QED) is 0.918. The number of halogens is 1. The van der Waals surface area contributed by atoms with Crippen molar-refractivity contribution >= 4 is 15.9 Å². The van der Waals surface area contributed by atoms with Crippen molar-refractivity contribution in [3.63, 3.8) is 0 Å². The maximum atomic E-state index is 5.97. The van der Waals surface area contributed by atoms with E-state index in [9.17, 15) is 0 Å². The van der Waals surface area contributed by atoms with E-state index < -0.39 is 0 Å². The van der Waals surface area contributed by atoms with Crippen molar-refractivity contribution in [1.82, 2.24) is 0 Å². The first-order chi connectivity index (χ1) is 7.13. The van der Waals surface area contributed by atoms with E-state index in [4.69, 9.17) is 15.2 Å². The molecule has 84 valence electrons. The lowest BCUT2D eigenvalue weighted by Gasteiger charge is -2.14. The Morgan fingerprint density at radius 3 is 2.07 bits per heavy atom. The summed E-state index contributed by atoms with van der Waals surface area (Å²) in [4.78, 5) is 0. The van der Waals surface area contributed by atoms with E-state index in [1.807, 2.05) is 19.1 Å². The molecule has 0 spiro atoms. The summed E-state index contributed by atoms with van der Waals surface area (Å²) in [5, 5.41) is 0. The van der Waals surface area contributed by atoms with Crippen molar-refractivity contribution in [3.05, 3.63) is 22.2 Å². The summed E-state index contributed by atoms with van der Waals surface area (Å²) in [5.41, 5.74) is 6.99. The van der Waals surface area contributed by atoms with Gasteiger partial charge in [0, 0.05) is 6.04 Å². The maximum Gasteiger partial charge on any atom is 0.137 e. The van der Waals surface area contributed by atoms with E-state index in [0.717, 1.165) is 28.0 Å². The molecule has 1 rings (SSSR count). The number of benzene rings is 1. The van der Waals surface area contributed by atoms with Crippen LogP contribution in [0.1, 0.15) is 24.9 Å². The molecule has 3 nitrogen and oxygen atoms in total. The normalized spacial score (nSPS) is 12.3. The lowest BCUT2D eigenvalue weighted by atomic mass is 10.0. The first-order valence-corrected chi connectivity index (χ1v) is 5.60. The average Bonchev–Trinajstić information content (AvgIpc) is 2.28. The van der Waals surface area contributed by atoms with E-state index in [-0.39, 0.29) is 6.04 Å². The maximum absolute atomic E-state index is 5.97. The Hall–Kier alpha value is -0.740.